The molecule has 306 valence electrons. The summed E-state index contributed by atoms with van der Waals surface area (Å²) in [6.07, 6.45) is 21.8. The third-order valence-corrected chi connectivity index (χ3v) is 20.1. The fourth-order valence-electron chi connectivity index (χ4n) is 17.0. The summed E-state index contributed by atoms with van der Waals surface area (Å²) in [4.78, 5) is 22.9. The summed E-state index contributed by atoms with van der Waals surface area (Å²) in [5.74, 6) is 4.24. The lowest BCUT2D eigenvalue weighted by Crippen LogP contribution is -2.62. The monoisotopic (exact) mass is 770 g/mol. The molecule has 3 heterocycles. The van der Waals surface area contributed by atoms with Gasteiger partial charge in [-0.1, -0.05) is 27.7 Å². The van der Waals surface area contributed by atoms with Gasteiger partial charge in [0.25, 0.3) is 0 Å². The Morgan fingerprint density at radius 1 is 0.554 bits per heavy atom. The minimum absolute atomic E-state index is 0.0285. The van der Waals surface area contributed by atoms with Crippen LogP contribution in [0.4, 0.5) is 0 Å². The van der Waals surface area contributed by atoms with E-state index in [-0.39, 0.29) is 51.2 Å². The van der Waals surface area contributed by atoms with E-state index in [4.69, 9.17) is 13.6 Å². The van der Waals surface area contributed by atoms with Crippen LogP contribution in [0.1, 0.15) is 160 Å². The molecule has 1 saturated heterocycles. The van der Waals surface area contributed by atoms with E-state index in [1.54, 1.807) is 18.6 Å². The highest BCUT2D eigenvalue weighted by Gasteiger charge is 2.80. The van der Waals surface area contributed by atoms with Gasteiger partial charge >= 0.3 is 11.3 Å². The third kappa shape index (κ3) is 5.16. The summed E-state index contributed by atoms with van der Waals surface area (Å²) in [6.45, 7) is 9.70. The first-order valence-corrected chi connectivity index (χ1v) is 22.6. The molecule has 0 aromatic carbocycles. The molecule has 8 nitrogen and oxygen atoms in total. The lowest BCUT2D eigenvalue weighted by atomic mass is 9.43. The maximum absolute atomic E-state index is 12.2. The second-order valence-electron chi connectivity index (χ2n) is 21.7. The van der Waals surface area contributed by atoms with E-state index in [9.17, 15) is 24.9 Å². The van der Waals surface area contributed by atoms with Crippen LogP contribution in [-0.2, 0) is 4.74 Å². The Hall–Kier alpha value is -2.26. The molecule has 0 radical (unpaired) electrons. The average Bonchev–Trinajstić information content (AvgIpc) is 3.74. The SMILES string of the molecule is C[C@]12CC[C@H](O)C[C@H]1CC[C@@H]1[C@@H]2CC[C@]2(C)[C@@H](c3ccc(=O)oc3)CC[C@]12O.C[C@]12CC[C@H](O)C[C@H]1CC[C@@H]1[C@@H]2CC[C@]2(C)[C@@H](c3ccc(=O)oc3)C[C@H]3O[C@]132. The van der Waals surface area contributed by atoms with Crippen LogP contribution < -0.4 is 11.3 Å². The van der Waals surface area contributed by atoms with Crippen LogP contribution in [0.3, 0.4) is 0 Å². The summed E-state index contributed by atoms with van der Waals surface area (Å²) in [5, 5.41) is 32.6. The molecule has 11 rings (SSSR count). The molecule has 3 N–H and O–H groups in total. The molecule has 8 aliphatic carbocycles. The van der Waals surface area contributed by atoms with Gasteiger partial charge in [0.05, 0.1) is 36.4 Å². The van der Waals surface area contributed by atoms with Crippen molar-refractivity contribution < 1.29 is 28.9 Å². The molecule has 8 saturated carbocycles. The number of epoxide rings is 1. The second kappa shape index (κ2) is 12.9. The fourth-order valence-corrected chi connectivity index (χ4v) is 17.0. The van der Waals surface area contributed by atoms with E-state index < -0.39 is 5.60 Å². The molecule has 56 heavy (non-hydrogen) atoms. The first-order valence-electron chi connectivity index (χ1n) is 22.6. The molecule has 8 heteroatoms. The van der Waals surface area contributed by atoms with E-state index in [0.29, 0.717) is 47.0 Å². The Labute approximate surface area is 332 Å². The topological polar surface area (TPSA) is 134 Å². The zero-order valence-electron chi connectivity index (χ0n) is 34.2. The summed E-state index contributed by atoms with van der Waals surface area (Å²) >= 11 is 0. The van der Waals surface area contributed by atoms with E-state index in [2.05, 4.69) is 27.7 Å². The number of ether oxygens (including phenoxy) is 1. The van der Waals surface area contributed by atoms with Crippen molar-refractivity contribution in [3.8, 4) is 0 Å². The van der Waals surface area contributed by atoms with Crippen molar-refractivity contribution in [3.63, 3.8) is 0 Å². The van der Waals surface area contributed by atoms with Crippen LogP contribution in [0, 0.1) is 57.2 Å². The average molecular weight is 771 g/mol. The minimum Gasteiger partial charge on any atom is -0.431 e. The van der Waals surface area contributed by atoms with Gasteiger partial charge in [0.2, 0.25) is 0 Å². The molecular weight excluding hydrogens is 705 g/mol. The molecule has 0 unspecified atom stereocenters. The van der Waals surface area contributed by atoms with Gasteiger partial charge in [0.15, 0.2) is 0 Å². The molecule has 0 amide bonds. The van der Waals surface area contributed by atoms with Gasteiger partial charge in [-0.25, -0.2) is 9.59 Å². The molecular formula is C48H66O8. The lowest BCUT2D eigenvalue weighted by Gasteiger charge is -2.63. The van der Waals surface area contributed by atoms with Crippen LogP contribution >= 0.6 is 0 Å². The highest BCUT2D eigenvalue weighted by Crippen LogP contribution is 2.78. The predicted molar refractivity (Wildman–Crippen MR) is 212 cm³/mol. The van der Waals surface area contributed by atoms with E-state index >= 15 is 0 Å². The highest BCUT2D eigenvalue weighted by molar-refractivity contribution is 5.35. The van der Waals surface area contributed by atoms with Crippen LogP contribution in [0.25, 0.3) is 0 Å². The largest absolute Gasteiger partial charge is 0.431 e. The Morgan fingerprint density at radius 3 is 1.66 bits per heavy atom. The van der Waals surface area contributed by atoms with Crippen molar-refractivity contribution in [2.45, 2.75) is 178 Å². The molecule has 9 fully saturated rings. The predicted octanol–water partition coefficient (Wildman–Crippen LogP) is 8.50. The smallest absolute Gasteiger partial charge is 0.335 e. The van der Waals surface area contributed by atoms with Gasteiger partial charge in [0.1, 0.15) is 5.60 Å². The van der Waals surface area contributed by atoms with Crippen molar-refractivity contribution >= 4 is 0 Å². The second-order valence-corrected chi connectivity index (χ2v) is 21.7. The van der Waals surface area contributed by atoms with Crippen LogP contribution in [0.5, 0.6) is 0 Å². The number of hydrogen-bond donors (Lipinski definition) is 3. The first-order chi connectivity index (χ1) is 26.7. The van der Waals surface area contributed by atoms with E-state index in [0.717, 1.165) is 82.1 Å². The van der Waals surface area contributed by atoms with E-state index in [1.807, 2.05) is 12.1 Å². The molecule has 17 atom stereocenters. The Kier molecular flexibility index (Phi) is 8.73. The van der Waals surface area contributed by atoms with Gasteiger partial charge in [-0.3, -0.25) is 0 Å². The van der Waals surface area contributed by atoms with E-state index in [1.165, 1.54) is 50.2 Å². The minimum atomic E-state index is -0.638. The fraction of sp³-hybridized carbons (Fsp3) is 0.792. The third-order valence-electron chi connectivity index (χ3n) is 20.1. The highest BCUT2D eigenvalue weighted by atomic mass is 16.6. The summed E-state index contributed by atoms with van der Waals surface area (Å²) < 4.78 is 17.0. The normalized spacial score (nSPS) is 52.4. The number of rotatable bonds is 2. The Balaban J connectivity index is 0.000000137. The standard InChI is InChI=1S/C24H32O4.C24H34O4/c1-22-9-7-16(25)11-15(22)4-5-18-17(22)8-10-23(2)19(12-20-24(18,23)28-20)14-3-6-21(26)27-13-14;1-22-10-7-17(25)13-16(22)4-5-20-19(22)8-11-23(2)18(9-12-24(20,23)27)15-3-6-21(26)28-14-15/h3,6,13,15-20,25H,4-5,7-12H2,1-2H3;3,6,14,16-20,25,27H,4-5,7-13H2,1-2H3/t15-,16+,17+,18-,19-,20-,22+,23-,24-;16-,17+,18-,19+,20-,22+,23-,24+/m11/s1. The maximum atomic E-state index is 12.2. The van der Waals surface area contributed by atoms with Gasteiger partial charge in [-0.05, 0) is 191 Å². The molecule has 2 aromatic rings. The van der Waals surface area contributed by atoms with Crippen LogP contribution in [0.15, 0.2) is 55.2 Å². The van der Waals surface area contributed by atoms with Crippen molar-refractivity contribution in [1.82, 2.24) is 0 Å². The first kappa shape index (κ1) is 38.0. The Morgan fingerprint density at radius 2 is 1.09 bits per heavy atom. The molecule has 1 aliphatic heterocycles. The summed E-state index contributed by atoms with van der Waals surface area (Å²) in [7, 11) is 0. The number of aliphatic hydroxyl groups is 3. The van der Waals surface area contributed by atoms with Gasteiger partial charge in [0, 0.05) is 23.0 Å². The zero-order chi connectivity index (χ0) is 39.0. The van der Waals surface area contributed by atoms with Gasteiger partial charge in [-0.15, -0.1) is 0 Å². The van der Waals surface area contributed by atoms with Crippen LogP contribution in [-0.4, -0.2) is 44.8 Å². The van der Waals surface area contributed by atoms with Gasteiger partial charge < -0.3 is 28.9 Å². The summed E-state index contributed by atoms with van der Waals surface area (Å²) in [5.41, 5.74) is 1.66. The molecule has 2 aromatic heterocycles. The van der Waals surface area contributed by atoms with Gasteiger partial charge in [-0.2, -0.15) is 0 Å². The Bertz CT molecular complexity index is 1800. The van der Waals surface area contributed by atoms with Crippen molar-refractivity contribution in [1.29, 1.82) is 0 Å². The number of aliphatic hydroxyl groups excluding tert-OH is 2. The number of hydrogen-bond acceptors (Lipinski definition) is 8. The lowest BCUT2D eigenvalue weighted by molar-refractivity contribution is -0.205. The molecule has 0 bridgehead atoms. The van der Waals surface area contributed by atoms with Crippen molar-refractivity contribution in [3.05, 3.63) is 68.8 Å². The molecule has 9 aliphatic rings. The zero-order valence-corrected chi connectivity index (χ0v) is 34.2. The summed E-state index contributed by atoms with van der Waals surface area (Å²) in [6, 6.07) is 6.97. The number of fused-ring (bicyclic) bond motifs is 8. The van der Waals surface area contributed by atoms with Crippen molar-refractivity contribution in [2.75, 3.05) is 0 Å². The molecule has 1 spiro atoms. The van der Waals surface area contributed by atoms with Crippen molar-refractivity contribution in [2.24, 2.45) is 57.2 Å². The van der Waals surface area contributed by atoms with Crippen LogP contribution in [0.2, 0.25) is 0 Å². The quantitative estimate of drug-likeness (QED) is 0.259. The maximum Gasteiger partial charge on any atom is 0.335 e.